The fourth-order valence-electron chi connectivity index (χ4n) is 3.09. The van der Waals surface area contributed by atoms with Crippen LogP contribution in [0.1, 0.15) is 5.82 Å². The molecule has 0 aliphatic rings. The van der Waals surface area contributed by atoms with E-state index in [2.05, 4.69) is 15.0 Å². The number of carbonyl (C=O) groups is 1. The number of nitrogens with two attached hydrogens (primary N) is 2. The van der Waals surface area contributed by atoms with Crippen LogP contribution in [0.2, 0.25) is 0 Å². The molecule has 0 amide bonds. The van der Waals surface area contributed by atoms with E-state index in [1.807, 2.05) is 12.1 Å². The molecule has 4 aromatic rings. The van der Waals surface area contributed by atoms with Gasteiger partial charge in [0.2, 0.25) is 11.9 Å². The highest BCUT2D eigenvalue weighted by molar-refractivity contribution is 5.94. The van der Waals surface area contributed by atoms with E-state index >= 15 is 0 Å². The van der Waals surface area contributed by atoms with Crippen molar-refractivity contribution in [1.82, 2.24) is 19.5 Å². The first-order valence-corrected chi connectivity index (χ1v) is 8.45. The van der Waals surface area contributed by atoms with Crippen molar-refractivity contribution >= 4 is 39.7 Å². The summed E-state index contributed by atoms with van der Waals surface area (Å²) < 4.78 is 7.02. The average Bonchev–Trinajstić information content (AvgIpc) is 2.69. The third-order valence-corrected chi connectivity index (χ3v) is 4.24. The zero-order valence-corrected chi connectivity index (χ0v) is 14.7. The van der Waals surface area contributed by atoms with Gasteiger partial charge in [0.05, 0.1) is 11.0 Å². The lowest BCUT2D eigenvalue weighted by molar-refractivity contribution is -0.145. The highest BCUT2D eigenvalue weighted by atomic mass is 16.5. The minimum Gasteiger partial charge on any atom is -0.456 e. The van der Waals surface area contributed by atoms with E-state index in [9.17, 15) is 9.59 Å². The van der Waals surface area contributed by atoms with Gasteiger partial charge in [0.15, 0.2) is 17.9 Å². The summed E-state index contributed by atoms with van der Waals surface area (Å²) in [7, 11) is 0. The highest BCUT2D eigenvalue weighted by Crippen LogP contribution is 2.19. The number of esters is 1. The lowest BCUT2D eigenvalue weighted by atomic mass is 10.1. The summed E-state index contributed by atoms with van der Waals surface area (Å²) in [5.41, 5.74) is 12.2. The van der Waals surface area contributed by atoms with Gasteiger partial charge < -0.3 is 20.8 Å². The Hall–Kier alpha value is -4.01. The number of rotatable bonds is 4. The van der Waals surface area contributed by atoms with Gasteiger partial charge in [0.25, 0.3) is 0 Å². The molecule has 0 unspecified atom stereocenters. The number of ether oxygens (including phenoxy) is 1. The van der Waals surface area contributed by atoms with Gasteiger partial charge in [-0.1, -0.05) is 24.3 Å². The maximum Gasteiger partial charge on any atom is 0.326 e. The number of hydrogen-bond donors (Lipinski definition) is 2. The number of fused-ring (bicyclic) bond motifs is 2. The van der Waals surface area contributed by atoms with Crippen molar-refractivity contribution in [2.45, 2.75) is 13.2 Å². The zero-order valence-electron chi connectivity index (χ0n) is 14.7. The molecule has 0 saturated carbocycles. The van der Waals surface area contributed by atoms with Gasteiger partial charge in [-0.3, -0.25) is 9.59 Å². The number of para-hydroxylation sites is 2. The first-order valence-electron chi connectivity index (χ1n) is 8.45. The van der Waals surface area contributed by atoms with E-state index in [0.717, 1.165) is 0 Å². The molecule has 2 aromatic heterocycles. The Morgan fingerprint density at radius 1 is 0.893 bits per heavy atom. The van der Waals surface area contributed by atoms with Crippen molar-refractivity contribution in [3.8, 4) is 0 Å². The number of anilines is 2. The van der Waals surface area contributed by atoms with Crippen molar-refractivity contribution in [3.63, 3.8) is 0 Å². The molecule has 9 nitrogen and oxygen atoms in total. The number of pyridine rings is 1. The number of nitrogens with zero attached hydrogens (tertiary/aromatic N) is 4. The van der Waals surface area contributed by atoms with Crippen LogP contribution in [0.15, 0.2) is 53.3 Å². The number of nitrogen functional groups attached to an aromatic ring is 2. The van der Waals surface area contributed by atoms with Crippen LogP contribution >= 0.6 is 0 Å². The number of carbonyl (C=O) groups excluding carboxylic acids is 1. The second-order valence-corrected chi connectivity index (χ2v) is 6.08. The van der Waals surface area contributed by atoms with Crippen LogP contribution in [0.4, 0.5) is 11.9 Å². The van der Waals surface area contributed by atoms with Crippen molar-refractivity contribution in [2.75, 3.05) is 11.5 Å². The van der Waals surface area contributed by atoms with Gasteiger partial charge >= 0.3 is 5.97 Å². The summed E-state index contributed by atoms with van der Waals surface area (Å²) in [6, 6.07) is 14.3. The molecule has 28 heavy (non-hydrogen) atoms. The predicted octanol–water partition coefficient (Wildman–Crippen LogP) is 1.25. The van der Waals surface area contributed by atoms with E-state index in [-0.39, 0.29) is 36.3 Å². The maximum atomic E-state index is 12.7. The molecule has 4 N–H and O–H groups in total. The smallest absolute Gasteiger partial charge is 0.326 e. The Kier molecular flexibility index (Phi) is 4.32. The van der Waals surface area contributed by atoms with E-state index in [4.69, 9.17) is 16.2 Å². The molecule has 0 fully saturated rings. The maximum absolute atomic E-state index is 12.7. The third-order valence-electron chi connectivity index (χ3n) is 4.24. The molecule has 2 heterocycles. The molecule has 0 saturated heterocycles. The molecule has 0 radical (unpaired) electrons. The standard InChI is InChI=1S/C19H16N6O3/c20-18-22-15(23-19(21)24-18)10-28-16(26)9-25-13-7-3-1-5-11(13)17(27)12-6-2-4-8-14(12)25/h1-8H,9-10H2,(H4,20,21,22,23,24). The fraction of sp³-hybridized carbons (Fsp3) is 0.105. The molecule has 0 bridgehead atoms. The van der Waals surface area contributed by atoms with E-state index in [1.54, 1.807) is 41.0 Å². The summed E-state index contributed by atoms with van der Waals surface area (Å²) in [5.74, 6) is -0.448. The lowest BCUT2D eigenvalue weighted by Crippen LogP contribution is -2.18. The van der Waals surface area contributed by atoms with Gasteiger partial charge in [-0.15, -0.1) is 0 Å². The summed E-state index contributed by atoms with van der Waals surface area (Å²) in [6.45, 7) is -0.275. The summed E-state index contributed by atoms with van der Waals surface area (Å²) >= 11 is 0. The predicted molar refractivity (Wildman–Crippen MR) is 104 cm³/mol. The van der Waals surface area contributed by atoms with Crippen LogP contribution in [-0.2, 0) is 22.7 Å². The first kappa shape index (κ1) is 17.4. The minimum atomic E-state index is -0.517. The Balaban J connectivity index is 1.67. The van der Waals surface area contributed by atoms with E-state index < -0.39 is 5.97 Å². The van der Waals surface area contributed by atoms with Gasteiger partial charge in [0, 0.05) is 10.8 Å². The van der Waals surface area contributed by atoms with E-state index in [0.29, 0.717) is 21.8 Å². The minimum absolute atomic E-state index is 0.0454. The number of aromatic nitrogens is 4. The van der Waals surface area contributed by atoms with Gasteiger partial charge in [-0.2, -0.15) is 15.0 Å². The first-order chi connectivity index (χ1) is 13.5. The Morgan fingerprint density at radius 2 is 1.43 bits per heavy atom. The van der Waals surface area contributed by atoms with Crippen molar-refractivity contribution in [2.24, 2.45) is 0 Å². The largest absolute Gasteiger partial charge is 0.456 e. The zero-order chi connectivity index (χ0) is 19.7. The van der Waals surface area contributed by atoms with Crippen LogP contribution in [0.5, 0.6) is 0 Å². The molecule has 4 rings (SSSR count). The second kappa shape index (κ2) is 6.95. The lowest BCUT2D eigenvalue weighted by Gasteiger charge is -2.14. The van der Waals surface area contributed by atoms with Crippen LogP contribution in [-0.4, -0.2) is 25.5 Å². The molecule has 140 valence electrons. The Bertz CT molecular complexity index is 1190. The van der Waals surface area contributed by atoms with Gasteiger partial charge in [-0.25, -0.2) is 0 Å². The van der Waals surface area contributed by atoms with Crippen LogP contribution in [0.3, 0.4) is 0 Å². The van der Waals surface area contributed by atoms with Crippen LogP contribution in [0, 0.1) is 0 Å². The summed E-state index contributed by atoms with van der Waals surface area (Å²) in [4.78, 5) is 36.6. The third kappa shape index (κ3) is 3.20. The molecule has 9 heteroatoms. The molecule has 0 atom stereocenters. The molecule has 2 aromatic carbocycles. The molecular weight excluding hydrogens is 360 g/mol. The Labute approximate surface area is 158 Å². The van der Waals surface area contributed by atoms with Crippen molar-refractivity contribution in [3.05, 3.63) is 64.6 Å². The SMILES string of the molecule is Nc1nc(N)nc(COC(=O)Cn2c3ccccc3c(=O)c3ccccc32)n1. The number of hydrogen-bond acceptors (Lipinski definition) is 8. The second-order valence-electron chi connectivity index (χ2n) is 6.08. The van der Waals surface area contributed by atoms with Gasteiger partial charge in [-0.05, 0) is 24.3 Å². The van der Waals surface area contributed by atoms with E-state index in [1.165, 1.54) is 0 Å². The summed E-state index contributed by atoms with van der Waals surface area (Å²) in [5, 5.41) is 1.07. The molecule has 0 spiro atoms. The van der Waals surface area contributed by atoms with Gasteiger partial charge in [0.1, 0.15) is 6.54 Å². The molecule has 0 aliphatic carbocycles. The molecular formula is C19H16N6O3. The fourth-order valence-corrected chi connectivity index (χ4v) is 3.09. The molecule has 0 aliphatic heterocycles. The quantitative estimate of drug-likeness (QED) is 0.401. The average molecular weight is 376 g/mol. The normalized spacial score (nSPS) is 11.0. The monoisotopic (exact) mass is 376 g/mol. The number of benzene rings is 2. The topological polar surface area (TPSA) is 139 Å². The highest BCUT2D eigenvalue weighted by Gasteiger charge is 2.14. The van der Waals surface area contributed by atoms with Crippen molar-refractivity contribution in [1.29, 1.82) is 0 Å². The van der Waals surface area contributed by atoms with Crippen LogP contribution < -0.4 is 16.9 Å². The Morgan fingerprint density at radius 3 is 2.00 bits per heavy atom. The summed E-state index contributed by atoms with van der Waals surface area (Å²) in [6.07, 6.45) is 0. The van der Waals surface area contributed by atoms with Crippen LogP contribution in [0.25, 0.3) is 21.8 Å². The van der Waals surface area contributed by atoms with Crippen molar-refractivity contribution < 1.29 is 9.53 Å².